The number of rotatable bonds is 7. The van der Waals surface area contributed by atoms with E-state index >= 15 is 0 Å². The molecule has 3 aliphatic rings. The number of nitrogens with zero attached hydrogens (tertiary/aromatic N) is 1. The number of hydrogen-bond donors (Lipinski definition) is 1. The fourth-order valence-electron chi connectivity index (χ4n) is 5.99. The quantitative estimate of drug-likeness (QED) is 0.554. The van der Waals surface area contributed by atoms with Crippen LogP contribution in [0.1, 0.15) is 66.4 Å². The predicted molar refractivity (Wildman–Crippen MR) is 135 cm³/mol. The molecule has 0 bridgehead atoms. The lowest BCUT2D eigenvalue weighted by Crippen LogP contribution is -2.62. The van der Waals surface area contributed by atoms with Crippen LogP contribution in [0.4, 0.5) is 0 Å². The van der Waals surface area contributed by atoms with Crippen molar-refractivity contribution in [1.29, 1.82) is 0 Å². The molecule has 0 amide bonds. The molecule has 0 aliphatic carbocycles. The third-order valence-corrected chi connectivity index (χ3v) is 7.76. The molecule has 34 heavy (non-hydrogen) atoms. The number of allylic oxidation sites excluding steroid dienone is 2. The highest BCUT2D eigenvalue weighted by atomic mass is 16.7. The first-order valence-electron chi connectivity index (χ1n) is 12.9. The van der Waals surface area contributed by atoms with Crippen LogP contribution in [0.25, 0.3) is 0 Å². The molecule has 188 valence electrons. The van der Waals surface area contributed by atoms with E-state index in [1.165, 1.54) is 5.57 Å². The highest BCUT2D eigenvalue weighted by Gasteiger charge is 2.51. The van der Waals surface area contributed by atoms with E-state index in [1.54, 1.807) is 0 Å². The van der Waals surface area contributed by atoms with Gasteiger partial charge in [-0.3, -0.25) is 4.90 Å². The number of aliphatic hydroxyl groups excluding tert-OH is 1. The zero-order valence-electron chi connectivity index (χ0n) is 21.8. The number of fused-ring (bicyclic) bond motifs is 1. The molecule has 5 heteroatoms. The molecule has 4 rings (SSSR count). The first-order valence-corrected chi connectivity index (χ1v) is 12.9. The van der Waals surface area contributed by atoms with Crippen LogP contribution < -0.4 is 0 Å². The number of ether oxygens (including phenoxy) is 3. The number of benzene rings is 1. The van der Waals surface area contributed by atoms with Gasteiger partial charge in [0.25, 0.3) is 0 Å². The van der Waals surface area contributed by atoms with Gasteiger partial charge in [0, 0.05) is 12.6 Å². The minimum absolute atomic E-state index is 0.00448. The Morgan fingerprint density at radius 2 is 1.97 bits per heavy atom. The van der Waals surface area contributed by atoms with Gasteiger partial charge in [-0.05, 0) is 83.1 Å². The summed E-state index contributed by atoms with van der Waals surface area (Å²) in [6.45, 7) is 14.9. The maximum Gasteiger partial charge on any atom is 0.164 e. The summed E-state index contributed by atoms with van der Waals surface area (Å²) < 4.78 is 18.5. The summed E-state index contributed by atoms with van der Waals surface area (Å²) >= 11 is 0. The Kier molecular flexibility index (Phi) is 7.70. The molecular weight excluding hydrogens is 426 g/mol. The van der Waals surface area contributed by atoms with E-state index in [0.29, 0.717) is 12.5 Å². The van der Waals surface area contributed by atoms with Crippen molar-refractivity contribution in [1.82, 2.24) is 4.90 Å². The smallest absolute Gasteiger partial charge is 0.164 e. The zero-order chi connectivity index (χ0) is 24.5. The Morgan fingerprint density at radius 1 is 1.24 bits per heavy atom. The van der Waals surface area contributed by atoms with Gasteiger partial charge in [0.2, 0.25) is 0 Å². The molecule has 3 saturated heterocycles. The van der Waals surface area contributed by atoms with Crippen molar-refractivity contribution < 1.29 is 19.3 Å². The second-order valence-corrected chi connectivity index (χ2v) is 11.2. The third-order valence-electron chi connectivity index (χ3n) is 7.76. The summed E-state index contributed by atoms with van der Waals surface area (Å²) in [6.07, 6.45) is 7.12. The van der Waals surface area contributed by atoms with Crippen LogP contribution in [-0.2, 0) is 20.8 Å². The van der Waals surface area contributed by atoms with E-state index in [2.05, 4.69) is 56.9 Å². The summed E-state index contributed by atoms with van der Waals surface area (Å²) in [5, 5.41) is 11.5. The van der Waals surface area contributed by atoms with Crippen molar-refractivity contribution in [3.8, 4) is 0 Å². The van der Waals surface area contributed by atoms with Gasteiger partial charge in [-0.2, -0.15) is 0 Å². The Labute approximate surface area is 205 Å². The van der Waals surface area contributed by atoms with Gasteiger partial charge in [-0.1, -0.05) is 49.4 Å². The molecule has 3 heterocycles. The van der Waals surface area contributed by atoms with Gasteiger partial charge in [0.1, 0.15) is 17.8 Å². The van der Waals surface area contributed by atoms with Gasteiger partial charge in [0.15, 0.2) is 5.79 Å². The summed E-state index contributed by atoms with van der Waals surface area (Å²) in [4.78, 5) is 2.50. The Hall–Kier alpha value is -1.50. The molecule has 0 unspecified atom stereocenters. The SMILES string of the molecule is C/C(=C\C[C@@H](C)/C=C1\CN2CCC[C@H]2[C@@](C)(OCc2ccccc2)[C@H]1O)[C@H]1OC(C)(C)O[C@@H]1C. The van der Waals surface area contributed by atoms with Crippen molar-refractivity contribution in [2.24, 2.45) is 5.92 Å². The van der Waals surface area contributed by atoms with Crippen molar-refractivity contribution in [3.05, 3.63) is 59.2 Å². The van der Waals surface area contributed by atoms with Crippen LogP contribution in [0.2, 0.25) is 0 Å². The second-order valence-electron chi connectivity index (χ2n) is 11.2. The molecule has 3 fully saturated rings. The Balaban J connectivity index is 1.45. The number of aliphatic hydroxyl groups is 1. The minimum Gasteiger partial charge on any atom is -0.386 e. The van der Waals surface area contributed by atoms with E-state index in [9.17, 15) is 5.11 Å². The van der Waals surface area contributed by atoms with E-state index in [-0.39, 0.29) is 18.2 Å². The third kappa shape index (κ3) is 5.50. The van der Waals surface area contributed by atoms with Crippen LogP contribution in [0.15, 0.2) is 53.6 Å². The summed E-state index contributed by atoms with van der Waals surface area (Å²) in [6, 6.07) is 10.5. The minimum atomic E-state index is -0.613. The van der Waals surface area contributed by atoms with Crippen LogP contribution in [0, 0.1) is 5.92 Å². The van der Waals surface area contributed by atoms with E-state index < -0.39 is 17.5 Å². The molecule has 0 saturated carbocycles. The van der Waals surface area contributed by atoms with Crippen molar-refractivity contribution in [2.75, 3.05) is 13.1 Å². The van der Waals surface area contributed by atoms with Crippen LogP contribution in [-0.4, -0.2) is 58.8 Å². The van der Waals surface area contributed by atoms with Gasteiger partial charge in [-0.25, -0.2) is 0 Å². The van der Waals surface area contributed by atoms with Crippen molar-refractivity contribution >= 4 is 0 Å². The highest BCUT2D eigenvalue weighted by Crippen LogP contribution is 2.41. The predicted octanol–water partition coefficient (Wildman–Crippen LogP) is 5.24. The molecule has 1 aromatic rings. The number of hydrogen-bond acceptors (Lipinski definition) is 5. The first kappa shape index (κ1) is 25.6. The van der Waals surface area contributed by atoms with E-state index in [4.69, 9.17) is 14.2 Å². The van der Waals surface area contributed by atoms with Gasteiger partial charge >= 0.3 is 0 Å². The first-order chi connectivity index (χ1) is 16.1. The molecule has 6 atom stereocenters. The highest BCUT2D eigenvalue weighted by molar-refractivity contribution is 5.25. The lowest BCUT2D eigenvalue weighted by molar-refractivity contribution is -0.158. The summed E-state index contributed by atoms with van der Waals surface area (Å²) in [5.74, 6) is -0.224. The summed E-state index contributed by atoms with van der Waals surface area (Å²) in [5.41, 5.74) is 2.82. The average Bonchev–Trinajstić information content (AvgIpc) is 3.38. The molecule has 0 radical (unpaired) electrons. The Morgan fingerprint density at radius 3 is 2.65 bits per heavy atom. The number of piperidine rings is 1. The standard InChI is InChI=1S/C29H43NO4/c1-20(14-15-21(2)26-22(3)33-28(4,5)34-26)17-24-18-30-16-10-13-25(30)29(6,27(24)31)32-19-23-11-8-7-9-12-23/h7-9,11-12,15,17,20,22,25-27,31H,10,13-14,16,18-19H2,1-6H3/b21-15+,24-17+/t20-,22-,25+,26-,27+,29-/m1/s1. The normalized spacial score (nSPS) is 36.1. The van der Waals surface area contributed by atoms with Gasteiger partial charge in [-0.15, -0.1) is 0 Å². The van der Waals surface area contributed by atoms with E-state index in [1.807, 2.05) is 32.0 Å². The fourth-order valence-corrected chi connectivity index (χ4v) is 5.99. The topological polar surface area (TPSA) is 51.2 Å². The van der Waals surface area contributed by atoms with Crippen molar-refractivity contribution in [2.45, 2.75) is 103 Å². The maximum absolute atomic E-state index is 11.5. The Bertz CT molecular complexity index is 895. The fraction of sp³-hybridized carbons (Fsp3) is 0.655. The van der Waals surface area contributed by atoms with Crippen LogP contribution >= 0.6 is 0 Å². The van der Waals surface area contributed by atoms with Crippen LogP contribution in [0.3, 0.4) is 0 Å². The molecule has 0 aromatic heterocycles. The molecular formula is C29H43NO4. The van der Waals surface area contributed by atoms with Gasteiger partial charge < -0.3 is 19.3 Å². The second kappa shape index (κ2) is 10.2. The molecule has 1 N–H and O–H groups in total. The monoisotopic (exact) mass is 469 g/mol. The zero-order valence-corrected chi connectivity index (χ0v) is 21.8. The lowest BCUT2D eigenvalue weighted by atomic mass is 9.79. The molecule has 0 spiro atoms. The van der Waals surface area contributed by atoms with Gasteiger partial charge in [0.05, 0.1) is 12.7 Å². The van der Waals surface area contributed by atoms with E-state index in [0.717, 1.165) is 43.5 Å². The lowest BCUT2D eigenvalue weighted by Gasteiger charge is -2.49. The maximum atomic E-state index is 11.5. The summed E-state index contributed by atoms with van der Waals surface area (Å²) in [7, 11) is 0. The molecule has 5 nitrogen and oxygen atoms in total. The van der Waals surface area contributed by atoms with Crippen LogP contribution in [0.5, 0.6) is 0 Å². The average molecular weight is 470 g/mol. The molecule has 1 aromatic carbocycles. The molecule has 3 aliphatic heterocycles. The largest absolute Gasteiger partial charge is 0.386 e. The van der Waals surface area contributed by atoms with Crippen molar-refractivity contribution in [3.63, 3.8) is 0 Å².